The summed E-state index contributed by atoms with van der Waals surface area (Å²) in [4.78, 5) is 0. The molecule has 2 aromatic rings. The Morgan fingerprint density at radius 2 is 1.70 bits per heavy atom. The van der Waals surface area contributed by atoms with Gasteiger partial charge in [-0.2, -0.15) is 0 Å². The molecule has 20 heavy (non-hydrogen) atoms. The fraction of sp³-hybridized carbons (Fsp3) is 0.294. The van der Waals surface area contributed by atoms with Gasteiger partial charge in [0.1, 0.15) is 11.6 Å². The van der Waals surface area contributed by atoms with Gasteiger partial charge in [0.15, 0.2) is 0 Å². The summed E-state index contributed by atoms with van der Waals surface area (Å²) in [6, 6.07) is 9.44. The summed E-state index contributed by atoms with van der Waals surface area (Å²) in [6.07, 6.45) is 0. The molecule has 2 aromatic carbocycles. The van der Waals surface area contributed by atoms with Gasteiger partial charge in [-0.05, 0) is 43.7 Å². The van der Waals surface area contributed by atoms with E-state index in [4.69, 9.17) is 0 Å². The van der Waals surface area contributed by atoms with Crippen LogP contribution < -0.4 is 5.32 Å². The van der Waals surface area contributed by atoms with E-state index in [1.807, 2.05) is 39.0 Å². The van der Waals surface area contributed by atoms with Gasteiger partial charge in [-0.25, -0.2) is 8.78 Å². The third-order valence-electron chi connectivity index (χ3n) is 3.43. The van der Waals surface area contributed by atoms with Crippen LogP contribution >= 0.6 is 0 Å². The van der Waals surface area contributed by atoms with Crippen molar-refractivity contribution >= 4 is 0 Å². The van der Waals surface area contributed by atoms with E-state index in [-0.39, 0.29) is 5.56 Å². The fourth-order valence-electron chi connectivity index (χ4n) is 2.51. The molecular formula is C17H19F2N. The Labute approximate surface area is 118 Å². The van der Waals surface area contributed by atoms with Crippen LogP contribution in [0.5, 0.6) is 0 Å². The first-order chi connectivity index (χ1) is 9.54. The molecule has 0 aliphatic carbocycles. The van der Waals surface area contributed by atoms with Crippen molar-refractivity contribution in [2.75, 3.05) is 6.54 Å². The number of benzene rings is 2. The molecule has 3 heteroatoms. The van der Waals surface area contributed by atoms with E-state index in [1.54, 1.807) is 0 Å². The molecule has 0 bridgehead atoms. The predicted molar refractivity (Wildman–Crippen MR) is 77.8 cm³/mol. The second-order valence-corrected chi connectivity index (χ2v) is 4.99. The number of rotatable bonds is 4. The maximum Gasteiger partial charge on any atom is 0.131 e. The normalized spacial score (nSPS) is 12.4. The van der Waals surface area contributed by atoms with Gasteiger partial charge in [0.05, 0.1) is 6.04 Å². The van der Waals surface area contributed by atoms with E-state index >= 15 is 0 Å². The highest BCUT2D eigenvalue weighted by Gasteiger charge is 2.22. The quantitative estimate of drug-likeness (QED) is 0.878. The lowest BCUT2D eigenvalue weighted by Gasteiger charge is -2.22. The molecule has 1 unspecified atom stereocenters. The first kappa shape index (κ1) is 14.7. The predicted octanol–water partition coefficient (Wildman–Crippen LogP) is 4.28. The summed E-state index contributed by atoms with van der Waals surface area (Å²) in [5.41, 5.74) is 3.15. The Kier molecular flexibility index (Phi) is 4.50. The molecule has 0 heterocycles. The van der Waals surface area contributed by atoms with Gasteiger partial charge in [0.25, 0.3) is 0 Å². The Hall–Kier alpha value is -1.74. The molecular weight excluding hydrogens is 256 g/mol. The van der Waals surface area contributed by atoms with Gasteiger partial charge in [0.2, 0.25) is 0 Å². The molecule has 0 saturated carbocycles. The maximum absolute atomic E-state index is 14.0. The molecule has 0 radical (unpaired) electrons. The summed E-state index contributed by atoms with van der Waals surface area (Å²) in [5.74, 6) is -1.04. The molecule has 1 atom stereocenters. The van der Waals surface area contributed by atoms with Gasteiger partial charge >= 0.3 is 0 Å². The van der Waals surface area contributed by atoms with Crippen LogP contribution in [-0.4, -0.2) is 6.54 Å². The highest BCUT2D eigenvalue weighted by Crippen LogP contribution is 2.29. The number of aryl methyl sites for hydroxylation is 2. The third kappa shape index (κ3) is 2.88. The Balaban J connectivity index is 2.56. The van der Waals surface area contributed by atoms with E-state index in [9.17, 15) is 8.78 Å². The molecule has 0 saturated heterocycles. The molecule has 0 aliphatic rings. The van der Waals surface area contributed by atoms with E-state index < -0.39 is 17.7 Å². The summed E-state index contributed by atoms with van der Waals surface area (Å²) in [6.45, 7) is 6.52. The van der Waals surface area contributed by atoms with Crippen LogP contribution in [0.4, 0.5) is 8.78 Å². The molecule has 2 rings (SSSR count). The third-order valence-corrected chi connectivity index (χ3v) is 3.43. The molecule has 1 N–H and O–H groups in total. The van der Waals surface area contributed by atoms with E-state index in [2.05, 4.69) is 5.32 Å². The van der Waals surface area contributed by atoms with Gasteiger partial charge in [0, 0.05) is 5.56 Å². The lowest BCUT2D eigenvalue weighted by Crippen LogP contribution is -2.25. The van der Waals surface area contributed by atoms with Gasteiger partial charge < -0.3 is 5.32 Å². The van der Waals surface area contributed by atoms with Gasteiger partial charge in [-0.3, -0.25) is 0 Å². The van der Waals surface area contributed by atoms with Crippen molar-refractivity contribution in [3.63, 3.8) is 0 Å². The first-order valence-electron chi connectivity index (χ1n) is 6.79. The van der Waals surface area contributed by atoms with Crippen LogP contribution in [-0.2, 0) is 0 Å². The van der Waals surface area contributed by atoms with E-state index in [0.29, 0.717) is 6.54 Å². The minimum absolute atomic E-state index is 0.0845. The lowest BCUT2D eigenvalue weighted by atomic mass is 9.93. The number of hydrogen-bond acceptors (Lipinski definition) is 1. The van der Waals surface area contributed by atoms with Crippen LogP contribution in [0.2, 0.25) is 0 Å². The summed E-state index contributed by atoms with van der Waals surface area (Å²) < 4.78 is 28.1. The first-order valence-corrected chi connectivity index (χ1v) is 6.79. The van der Waals surface area contributed by atoms with Crippen molar-refractivity contribution < 1.29 is 8.78 Å². The fourth-order valence-corrected chi connectivity index (χ4v) is 2.51. The largest absolute Gasteiger partial charge is 0.306 e. The number of hydrogen-bond donors (Lipinski definition) is 1. The number of halogens is 2. The SMILES string of the molecule is CCNC(c1ccc(C)cc1C)c1c(F)cccc1F. The zero-order chi connectivity index (χ0) is 14.7. The van der Waals surface area contributed by atoms with E-state index in [0.717, 1.165) is 16.7 Å². The number of nitrogens with one attached hydrogen (secondary N) is 1. The topological polar surface area (TPSA) is 12.0 Å². The van der Waals surface area contributed by atoms with Crippen molar-refractivity contribution in [1.29, 1.82) is 0 Å². The Morgan fingerprint density at radius 1 is 1.05 bits per heavy atom. The van der Waals surface area contributed by atoms with Crippen molar-refractivity contribution in [1.82, 2.24) is 5.32 Å². The average Bonchev–Trinajstić information content (AvgIpc) is 2.38. The van der Waals surface area contributed by atoms with Crippen molar-refractivity contribution in [3.05, 3.63) is 70.3 Å². The molecule has 0 spiro atoms. The highest BCUT2D eigenvalue weighted by atomic mass is 19.1. The monoisotopic (exact) mass is 275 g/mol. The van der Waals surface area contributed by atoms with Crippen molar-refractivity contribution in [2.45, 2.75) is 26.8 Å². The zero-order valence-electron chi connectivity index (χ0n) is 12.0. The molecule has 0 aromatic heterocycles. The van der Waals surface area contributed by atoms with Gasteiger partial charge in [-0.1, -0.05) is 36.8 Å². The van der Waals surface area contributed by atoms with Crippen LogP contribution in [0.1, 0.15) is 35.2 Å². The summed E-state index contributed by atoms with van der Waals surface area (Å²) in [5, 5.41) is 3.18. The molecule has 0 amide bonds. The smallest absolute Gasteiger partial charge is 0.131 e. The van der Waals surface area contributed by atoms with Crippen LogP contribution in [0.25, 0.3) is 0 Å². The molecule has 1 nitrogen and oxygen atoms in total. The second kappa shape index (κ2) is 6.14. The van der Waals surface area contributed by atoms with E-state index in [1.165, 1.54) is 18.2 Å². The summed E-state index contributed by atoms with van der Waals surface area (Å²) >= 11 is 0. The van der Waals surface area contributed by atoms with Crippen LogP contribution in [0.3, 0.4) is 0 Å². The Morgan fingerprint density at radius 3 is 2.25 bits per heavy atom. The Bertz CT molecular complexity index is 588. The van der Waals surface area contributed by atoms with Crippen molar-refractivity contribution in [3.8, 4) is 0 Å². The summed E-state index contributed by atoms with van der Waals surface area (Å²) in [7, 11) is 0. The van der Waals surface area contributed by atoms with Crippen molar-refractivity contribution in [2.24, 2.45) is 0 Å². The van der Waals surface area contributed by atoms with Crippen LogP contribution in [0.15, 0.2) is 36.4 Å². The zero-order valence-corrected chi connectivity index (χ0v) is 12.0. The molecule has 106 valence electrons. The minimum Gasteiger partial charge on any atom is -0.306 e. The molecule has 0 fully saturated rings. The standard InChI is InChI=1S/C17H19F2N/c1-4-20-17(13-9-8-11(2)10-12(13)3)16-14(18)6-5-7-15(16)19/h5-10,17,20H,4H2,1-3H3. The van der Waals surface area contributed by atoms with Crippen LogP contribution in [0, 0.1) is 25.5 Å². The van der Waals surface area contributed by atoms with Gasteiger partial charge in [-0.15, -0.1) is 0 Å². The average molecular weight is 275 g/mol. The lowest BCUT2D eigenvalue weighted by molar-refractivity contribution is 0.509. The second-order valence-electron chi connectivity index (χ2n) is 4.99. The maximum atomic E-state index is 14.0. The minimum atomic E-state index is -0.518. The highest BCUT2D eigenvalue weighted by molar-refractivity contribution is 5.39. The molecule has 0 aliphatic heterocycles.